The fourth-order valence-corrected chi connectivity index (χ4v) is 2.98. The molecule has 1 aromatic heterocycles. The Labute approximate surface area is 160 Å². The van der Waals surface area contributed by atoms with Crippen molar-refractivity contribution in [3.63, 3.8) is 0 Å². The van der Waals surface area contributed by atoms with E-state index in [0.29, 0.717) is 19.5 Å². The Bertz CT molecular complexity index is 695. The molecule has 0 aliphatic carbocycles. The third-order valence-electron chi connectivity index (χ3n) is 4.54. The van der Waals surface area contributed by atoms with Gasteiger partial charge in [-0.2, -0.15) is 0 Å². The molecule has 0 unspecified atom stereocenters. The second-order valence-electron chi connectivity index (χ2n) is 6.77. The molecular formula is C21H28N2O4. The van der Waals surface area contributed by atoms with Gasteiger partial charge in [-0.25, -0.2) is 0 Å². The average molecular weight is 372 g/mol. The highest BCUT2D eigenvalue weighted by atomic mass is 16.6. The van der Waals surface area contributed by atoms with Gasteiger partial charge in [-0.15, -0.1) is 0 Å². The maximum Gasteiger partial charge on any atom is 0.269 e. The van der Waals surface area contributed by atoms with Crippen LogP contribution in [0.4, 0.5) is 5.69 Å². The van der Waals surface area contributed by atoms with Gasteiger partial charge < -0.3 is 9.32 Å². The summed E-state index contributed by atoms with van der Waals surface area (Å²) < 4.78 is 5.39. The molecule has 2 rings (SSSR count). The summed E-state index contributed by atoms with van der Waals surface area (Å²) in [6, 6.07) is 9.99. The highest BCUT2D eigenvalue weighted by Crippen LogP contribution is 2.17. The van der Waals surface area contributed by atoms with Crippen LogP contribution in [0.5, 0.6) is 0 Å². The van der Waals surface area contributed by atoms with Crippen LogP contribution >= 0.6 is 0 Å². The predicted octanol–water partition coefficient (Wildman–Crippen LogP) is 5.47. The fourth-order valence-electron chi connectivity index (χ4n) is 2.98. The molecule has 0 aliphatic heterocycles. The van der Waals surface area contributed by atoms with Crippen LogP contribution in [-0.4, -0.2) is 15.7 Å². The number of hydrogen-bond donors (Lipinski definition) is 0. The van der Waals surface area contributed by atoms with E-state index in [9.17, 15) is 14.9 Å². The number of rotatable bonds is 12. The first-order chi connectivity index (χ1) is 13.1. The molecule has 0 atom stereocenters. The van der Waals surface area contributed by atoms with Gasteiger partial charge >= 0.3 is 0 Å². The summed E-state index contributed by atoms with van der Waals surface area (Å²) in [5.41, 5.74) is 0.915. The molecule has 0 fully saturated rings. The zero-order valence-corrected chi connectivity index (χ0v) is 15.9. The molecule has 0 saturated carbocycles. The lowest BCUT2D eigenvalue weighted by molar-refractivity contribution is -0.384. The molecule has 0 saturated heterocycles. The van der Waals surface area contributed by atoms with E-state index < -0.39 is 4.92 Å². The minimum Gasteiger partial charge on any atom is -0.467 e. The lowest BCUT2D eigenvalue weighted by Crippen LogP contribution is -2.29. The number of furan rings is 1. The summed E-state index contributed by atoms with van der Waals surface area (Å²) in [6.07, 6.45) is 8.92. The van der Waals surface area contributed by atoms with Gasteiger partial charge in [-0.05, 0) is 24.1 Å². The average Bonchev–Trinajstić information content (AvgIpc) is 3.17. The summed E-state index contributed by atoms with van der Waals surface area (Å²) in [6.45, 7) is 3.00. The summed E-state index contributed by atoms with van der Waals surface area (Å²) in [4.78, 5) is 24.8. The first-order valence-corrected chi connectivity index (χ1v) is 9.63. The highest BCUT2D eigenvalue weighted by Gasteiger charge is 2.16. The fraction of sp³-hybridized carbons (Fsp3) is 0.476. The van der Waals surface area contributed by atoms with Crippen molar-refractivity contribution in [2.45, 2.75) is 65.0 Å². The third kappa shape index (κ3) is 7.25. The van der Waals surface area contributed by atoms with E-state index in [1.807, 2.05) is 6.07 Å². The first kappa shape index (κ1) is 20.7. The Kier molecular flexibility index (Phi) is 8.55. The largest absolute Gasteiger partial charge is 0.467 e. The van der Waals surface area contributed by atoms with Crippen molar-refractivity contribution in [3.8, 4) is 0 Å². The molecule has 1 heterocycles. The molecule has 0 N–H and O–H groups in total. The molecule has 27 heavy (non-hydrogen) atoms. The molecule has 2 aromatic rings. The number of benzene rings is 1. The molecular weight excluding hydrogens is 344 g/mol. The van der Waals surface area contributed by atoms with Gasteiger partial charge in [0, 0.05) is 25.1 Å². The molecule has 0 bridgehead atoms. The Balaban J connectivity index is 1.93. The number of non-ortho nitro benzene ring substituents is 1. The van der Waals surface area contributed by atoms with E-state index >= 15 is 0 Å². The topological polar surface area (TPSA) is 76.6 Å². The number of nitrogens with zero attached hydrogens (tertiary/aromatic N) is 2. The predicted molar refractivity (Wildman–Crippen MR) is 104 cm³/mol. The van der Waals surface area contributed by atoms with Gasteiger partial charge in [0.05, 0.1) is 17.7 Å². The van der Waals surface area contributed by atoms with Crippen molar-refractivity contribution in [2.24, 2.45) is 0 Å². The van der Waals surface area contributed by atoms with Crippen molar-refractivity contribution in [2.75, 3.05) is 0 Å². The molecule has 6 heteroatoms. The number of carbonyl (C=O) groups excluding carboxylic acids is 1. The van der Waals surface area contributed by atoms with E-state index in [-0.39, 0.29) is 11.6 Å². The number of carbonyl (C=O) groups is 1. The molecule has 0 spiro atoms. The number of nitro groups is 1. The van der Waals surface area contributed by atoms with Gasteiger partial charge in [0.2, 0.25) is 5.91 Å². The molecule has 0 aliphatic rings. The molecule has 1 aromatic carbocycles. The molecule has 0 radical (unpaired) electrons. The summed E-state index contributed by atoms with van der Waals surface area (Å²) in [5, 5.41) is 10.8. The minimum atomic E-state index is -0.423. The molecule has 1 amide bonds. The van der Waals surface area contributed by atoms with Gasteiger partial charge in [0.15, 0.2) is 0 Å². The van der Waals surface area contributed by atoms with E-state index in [0.717, 1.165) is 24.2 Å². The smallest absolute Gasteiger partial charge is 0.269 e. The van der Waals surface area contributed by atoms with Crippen LogP contribution in [0.3, 0.4) is 0 Å². The Morgan fingerprint density at radius 1 is 1.04 bits per heavy atom. The first-order valence-electron chi connectivity index (χ1n) is 9.63. The SMILES string of the molecule is CCCCCCCCC(=O)N(Cc1ccc([N+](=O)[O-])cc1)Cc1ccco1. The second-order valence-corrected chi connectivity index (χ2v) is 6.77. The van der Waals surface area contributed by atoms with Crippen molar-refractivity contribution in [3.05, 3.63) is 64.1 Å². The third-order valence-corrected chi connectivity index (χ3v) is 4.54. The summed E-state index contributed by atoms with van der Waals surface area (Å²) in [5.74, 6) is 0.813. The van der Waals surface area contributed by atoms with E-state index in [1.54, 1.807) is 29.4 Å². The van der Waals surface area contributed by atoms with E-state index in [1.165, 1.54) is 37.8 Å². The van der Waals surface area contributed by atoms with Crippen LogP contribution < -0.4 is 0 Å². The van der Waals surface area contributed by atoms with E-state index in [2.05, 4.69) is 6.92 Å². The molecule has 146 valence electrons. The van der Waals surface area contributed by atoms with Gasteiger partial charge in [0.25, 0.3) is 5.69 Å². The van der Waals surface area contributed by atoms with Gasteiger partial charge in [0.1, 0.15) is 5.76 Å². The Morgan fingerprint density at radius 3 is 2.37 bits per heavy atom. The van der Waals surface area contributed by atoms with Crippen molar-refractivity contribution >= 4 is 11.6 Å². The number of nitro benzene ring substituents is 1. The zero-order valence-electron chi connectivity index (χ0n) is 15.9. The maximum atomic E-state index is 12.7. The number of unbranched alkanes of at least 4 members (excludes halogenated alkanes) is 5. The van der Waals surface area contributed by atoms with Crippen LogP contribution in [0, 0.1) is 10.1 Å². The van der Waals surface area contributed by atoms with Crippen LogP contribution in [-0.2, 0) is 17.9 Å². The standard InChI is InChI=1S/C21H28N2O4/c1-2-3-4-5-6-7-10-21(24)22(17-20-9-8-15-27-20)16-18-11-13-19(14-12-18)23(25)26/h8-9,11-15H,2-7,10,16-17H2,1H3. The maximum absolute atomic E-state index is 12.7. The van der Waals surface area contributed by atoms with Gasteiger partial charge in [-0.1, -0.05) is 51.2 Å². The van der Waals surface area contributed by atoms with Crippen LogP contribution in [0.25, 0.3) is 0 Å². The molecule has 6 nitrogen and oxygen atoms in total. The van der Waals surface area contributed by atoms with Crippen molar-refractivity contribution in [1.29, 1.82) is 0 Å². The summed E-state index contributed by atoms with van der Waals surface area (Å²) in [7, 11) is 0. The normalized spacial score (nSPS) is 10.7. The lowest BCUT2D eigenvalue weighted by atomic mass is 10.1. The van der Waals surface area contributed by atoms with Gasteiger partial charge in [-0.3, -0.25) is 14.9 Å². The van der Waals surface area contributed by atoms with Crippen molar-refractivity contribution in [1.82, 2.24) is 4.90 Å². The van der Waals surface area contributed by atoms with Crippen LogP contribution in [0.2, 0.25) is 0 Å². The second kappa shape index (κ2) is 11.2. The Hall–Kier alpha value is -2.63. The monoisotopic (exact) mass is 372 g/mol. The minimum absolute atomic E-state index is 0.0507. The van der Waals surface area contributed by atoms with Crippen LogP contribution in [0.1, 0.15) is 63.2 Å². The van der Waals surface area contributed by atoms with E-state index in [4.69, 9.17) is 4.42 Å². The number of hydrogen-bond acceptors (Lipinski definition) is 4. The highest BCUT2D eigenvalue weighted by molar-refractivity contribution is 5.76. The van der Waals surface area contributed by atoms with Crippen molar-refractivity contribution < 1.29 is 14.1 Å². The summed E-state index contributed by atoms with van der Waals surface area (Å²) >= 11 is 0. The lowest BCUT2D eigenvalue weighted by Gasteiger charge is -2.22. The van der Waals surface area contributed by atoms with Crippen LogP contribution in [0.15, 0.2) is 47.1 Å². The Morgan fingerprint density at radius 2 is 1.74 bits per heavy atom. The zero-order chi connectivity index (χ0) is 19.5. The number of amides is 1. The quantitative estimate of drug-likeness (QED) is 0.281.